The monoisotopic (exact) mass is 278 g/mol. The van der Waals surface area contributed by atoms with Crippen molar-refractivity contribution in [3.8, 4) is 16.3 Å². The molecule has 2 rings (SSSR count). The largest absolute Gasteiger partial charge is 0.497 e. The van der Waals surface area contributed by atoms with Crippen molar-refractivity contribution >= 4 is 11.3 Å². The topological polar surface area (TPSA) is 43.4 Å². The van der Waals surface area contributed by atoms with Crippen molar-refractivity contribution in [1.29, 1.82) is 0 Å². The van der Waals surface area contributed by atoms with Crippen molar-refractivity contribution in [2.75, 3.05) is 21.3 Å². The predicted molar refractivity (Wildman–Crippen MR) is 77.6 cm³/mol. The molecule has 0 bridgehead atoms. The van der Waals surface area contributed by atoms with Crippen LogP contribution in [0.15, 0.2) is 24.3 Å². The van der Waals surface area contributed by atoms with Crippen LogP contribution < -0.4 is 10.1 Å². The van der Waals surface area contributed by atoms with Gasteiger partial charge in [0.05, 0.1) is 19.4 Å². The van der Waals surface area contributed by atoms with Crippen LogP contribution in [0.3, 0.4) is 0 Å². The minimum Gasteiger partial charge on any atom is -0.497 e. The summed E-state index contributed by atoms with van der Waals surface area (Å²) >= 11 is 1.70. The maximum absolute atomic E-state index is 5.20. The molecule has 0 fully saturated rings. The van der Waals surface area contributed by atoms with Gasteiger partial charge < -0.3 is 14.8 Å². The first-order chi connectivity index (χ1) is 9.28. The van der Waals surface area contributed by atoms with E-state index in [9.17, 15) is 0 Å². The molecule has 102 valence electrons. The summed E-state index contributed by atoms with van der Waals surface area (Å²) < 4.78 is 10.4. The summed E-state index contributed by atoms with van der Waals surface area (Å²) in [5.74, 6) is 0.855. The van der Waals surface area contributed by atoms with Gasteiger partial charge in [0.2, 0.25) is 0 Å². The number of nitrogens with one attached hydrogen (secondary N) is 1. The molecule has 0 unspecified atom stereocenters. The molecule has 0 aliphatic rings. The molecule has 0 aliphatic heterocycles. The van der Waals surface area contributed by atoms with Gasteiger partial charge in [-0.25, -0.2) is 4.98 Å². The van der Waals surface area contributed by atoms with Crippen molar-refractivity contribution in [3.05, 3.63) is 34.8 Å². The summed E-state index contributed by atoms with van der Waals surface area (Å²) in [6, 6.07) is 7.95. The second-order valence-electron chi connectivity index (χ2n) is 4.08. The smallest absolute Gasteiger partial charge is 0.124 e. The van der Waals surface area contributed by atoms with Gasteiger partial charge in [0, 0.05) is 24.1 Å². The number of ether oxygens (including phenoxy) is 2. The summed E-state index contributed by atoms with van der Waals surface area (Å²) in [6.07, 6.45) is 0. The van der Waals surface area contributed by atoms with Crippen LogP contribution in [0.5, 0.6) is 5.75 Å². The Balaban J connectivity index is 2.30. The number of rotatable bonds is 6. The Labute approximate surface area is 117 Å². The standard InChI is InChI=1S/C14H18N2O2S/c1-15-8-13-12(9-17-2)16-14(19-13)10-4-6-11(18-3)7-5-10/h4-7,15H,8-9H2,1-3H3. The van der Waals surface area contributed by atoms with E-state index in [1.165, 1.54) is 4.88 Å². The average molecular weight is 278 g/mol. The molecule has 0 saturated carbocycles. The zero-order chi connectivity index (χ0) is 13.7. The number of methoxy groups -OCH3 is 2. The van der Waals surface area contributed by atoms with Crippen molar-refractivity contribution in [1.82, 2.24) is 10.3 Å². The molecule has 1 aromatic carbocycles. The van der Waals surface area contributed by atoms with Crippen LogP contribution >= 0.6 is 11.3 Å². The van der Waals surface area contributed by atoms with Crippen molar-refractivity contribution in [3.63, 3.8) is 0 Å². The summed E-state index contributed by atoms with van der Waals surface area (Å²) in [5.41, 5.74) is 2.11. The highest BCUT2D eigenvalue weighted by Gasteiger charge is 2.11. The zero-order valence-corrected chi connectivity index (χ0v) is 12.2. The highest BCUT2D eigenvalue weighted by molar-refractivity contribution is 7.15. The molecule has 0 amide bonds. The first-order valence-electron chi connectivity index (χ1n) is 6.05. The first-order valence-corrected chi connectivity index (χ1v) is 6.86. The fourth-order valence-corrected chi connectivity index (χ4v) is 2.87. The van der Waals surface area contributed by atoms with Crippen LogP contribution in [0.25, 0.3) is 10.6 Å². The predicted octanol–water partition coefficient (Wildman–Crippen LogP) is 2.68. The van der Waals surface area contributed by atoms with E-state index in [0.29, 0.717) is 6.61 Å². The number of hydrogen-bond donors (Lipinski definition) is 1. The molecular formula is C14H18N2O2S. The fourth-order valence-electron chi connectivity index (χ4n) is 1.79. The van der Waals surface area contributed by atoms with E-state index in [1.807, 2.05) is 31.3 Å². The maximum Gasteiger partial charge on any atom is 0.124 e. The molecule has 1 N–H and O–H groups in total. The van der Waals surface area contributed by atoms with E-state index >= 15 is 0 Å². The normalized spacial score (nSPS) is 10.7. The molecule has 0 saturated heterocycles. The molecule has 0 spiro atoms. The van der Waals surface area contributed by atoms with E-state index in [4.69, 9.17) is 9.47 Å². The highest BCUT2D eigenvalue weighted by Crippen LogP contribution is 2.29. The Kier molecular flexibility index (Phi) is 4.90. The van der Waals surface area contributed by atoms with Gasteiger partial charge in [0.25, 0.3) is 0 Å². The summed E-state index contributed by atoms with van der Waals surface area (Å²) in [7, 11) is 5.29. The lowest BCUT2D eigenvalue weighted by molar-refractivity contribution is 0.181. The molecular weight excluding hydrogens is 260 g/mol. The Bertz CT molecular complexity index is 499. The molecule has 0 atom stereocenters. The van der Waals surface area contributed by atoms with Crippen molar-refractivity contribution < 1.29 is 9.47 Å². The quantitative estimate of drug-likeness (QED) is 0.882. The van der Waals surface area contributed by atoms with Gasteiger partial charge in [0.15, 0.2) is 0 Å². The molecule has 2 aromatic rings. The molecule has 4 nitrogen and oxygen atoms in total. The molecule has 0 radical (unpaired) electrons. The van der Waals surface area contributed by atoms with Crippen molar-refractivity contribution in [2.24, 2.45) is 0 Å². The number of thiazole rings is 1. The second kappa shape index (κ2) is 6.65. The Morgan fingerprint density at radius 3 is 2.53 bits per heavy atom. The Hall–Kier alpha value is -1.43. The van der Waals surface area contributed by atoms with Gasteiger partial charge in [-0.05, 0) is 31.3 Å². The van der Waals surface area contributed by atoms with Crippen LogP contribution in [0, 0.1) is 0 Å². The second-order valence-corrected chi connectivity index (χ2v) is 5.16. The van der Waals surface area contributed by atoms with Crippen LogP contribution in [0.2, 0.25) is 0 Å². The van der Waals surface area contributed by atoms with Gasteiger partial charge in [-0.15, -0.1) is 11.3 Å². The molecule has 1 heterocycles. The third-order valence-corrected chi connectivity index (χ3v) is 3.88. The SMILES string of the molecule is CNCc1sc(-c2ccc(OC)cc2)nc1COC. The van der Waals surface area contributed by atoms with Crippen LogP contribution in [0.1, 0.15) is 10.6 Å². The lowest BCUT2D eigenvalue weighted by Crippen LogP contribution is -2.06. The minimum absolute atomic E-state index is 0.545. The first kappa shape index (κ1) is 14.0. The van der Waals surface area contributed by atoms with Gasteiger partial charge in [-0.2, -0.15) is 0 Å². The summed E-state index contributed by atoms with van der Waals surface area (Å²) in [4.78, 5) is 5.87. The molecule has 1 aromatic heterocycles. The number of hydrogen-bond acceptors (Lipinski definition) is 5. The molecule has 19 heavy (non-hydrogen) atoms. The lowest BCUT2D eigenvalue weighted by atomic mass is 10.2. The van der Waals surface area contributed by atoms with Gasteiger partial charge in [-0.1, -0.05) is 0 Å². The van der Waals surface area contributed by atoms with E-state index < -0.39 is 0 Å². The van der Waals surface area contributed by atoms with Gasteiger partial charge in [0.1, 0.15) is 10.8 Å². The highest BCUT2D eigenvalue weighted by atomic mass is 32.1. The summed E-state index contributed by atoms with van der Waals surface area (Å²) in [5, 5.41) is 4.17. The zero-order valence-electron chi connectivity index (χ0n) is 11.4. The van der Waals surface area contributed by atoms with Crippen LogP contribution in [-0.4, -0.2) is 26.3 Å². The lowest BCUT2D eigenvalue weighted by Gasteiger charge is -2.00. The van der Waals surface area contributed by atoms with E-state index in [1.54, 1.807) is 25.6 Å². The summed E-state index contributed by atoms with van der Waals surface area (Å²) in [6.45, 7) is 1.36. The molecule has 5 heteroatoms. The average Bonchev–Trinajstić information content (AvgIpc) is 2.83. The van der Waals surface area contributed by atoms with E-state index in [0.717, 1.165) is 28.6 Å². The fraction of sp³-hybridized carbons (Fsp3) is 0.357. The van der Waals surface area contributed by atoms with Crippen LogP contribution in [-0.2, 0) is 17.9 Å². The number of nitrogens with zero attached hydrogens (tertiary/aromatic N) is 1. The third-order valence-electron chi connectivity index (χ3n) is 2.73. The number of aromatic nitrogens is 1. The van der Waals surface area contributed by atoms with E-state index in [-0.39, 0.29) is 0 Å². The maximum atomic E-state index is 5.20. The Morgan fingerprint density at radius 1 is 1.21 bits per heavy atom. The van der Waals surface area contributed by atoms with Gasteiger partial charge >= 0.3 is 0 Å². The molecule has 0 aliphatic carbocycles. The van der Waals surface area contributed by atoms with E-state index in [2.05, 4.69) is 10.3 Å². The third kappa shape index (κ3) is 3.32. The van der Waals surface area contributed by atoms with Crippen LogP contribution in [0.4, 0.5) is 0 Å². The minimum atomic E-state index is 0.545. The van der Waals surface area contributed by atoms with Crippen molar-refractivity contribution in [2.45, 2.75) is 13.2 Å². The number of benzene rings is 1. The Morgan fingerprint density at radius 2 is 1.95 bits per heavy atom. The van der Waals surface area contributed by atoms with Gasteiger partial charge in [-0.3, -0.25) is 0 Å².